The van der Waals surface area contributed by atoms with Crippen LogP contribution < -0.4 is 10.6 Å². The van der Waals surface area contributed by atoms with Crippen molar-refractivity contribution in [1.29, 1.82) is 0 Å². The van der Waals surface area contributed by atoms with Gasteiger partial charge in [0.15, 0.2) is 11.6 Å². The van der Waals surface area contributed by atoms with Crippen LogP contribution in [0, 0.1) is 20.8 Å². The quantitative estimate of drug-likeness (QED) is 0.611. The van der Waals surface area contributed by atoms with E-state index in [0.717, 1.165) is 11.4 Å². The van der Waals surface area contributed by atoms with Crippen molar-refractivity contribution in [3.8, 4) is 5.82 Å². The number of hydrogen-bond acceptors (Lipinski definition) is 7. The van der Waals surface area contributed by atoms with E-state index in [1.54, 1.807) is 42.9 Å². The van der Waals surface area contributed by atoms with Gasteiger partial charge in [-0.2, -0.15) is 5.10 Å². The number of amides is 2. The first-order chi connectivity index (χ1) is 13.8. The van der Waals surface area contributed by atoms with Crippen LogP contribution in [0.25, 0.3) is 5.82 Å². The van der Waals surface area contributed by atoms with Gasteiger partial charge >= 0.3 is 0 Å². The molecule has 0 aliphatic heterocycles. The maximum atomic E-state index is 12.2. The number of rotatable bonds is 7. The highest BCUT2D eigenvalue weighted by Gasteiger charge is 2.17. The Morgan fingerprint density at radius 3 is 2.59 bits per heavy atom. The molecule has 29 heavy (non-hydrogen) atoms. The van der Waals surface area contributed by atoms with E-state index in [4.69, 9.17) is 4.52 Å². The van der Waals surface area contributed by atoms with Gasteiger partial charge in [-0.1, -0.05) is 5.16 Å². The summed E-state index contributed by atoms with van der Waals surface area (Å²) >= 11 is 1.23. The summed E-state index contributed by atoms with van der Waals surface area (Å²) in [6.07, 6.45) is 1.58. The van der Waals surface area contributed by atoms with Crippen LogP contribution in [0.5, 0.6) is 0 Å². The highest BCUT2D eigenvalue weighted by Crippen LogP contribution is 2.16. The number of carbonyl (C=O) groups excluding carboxylic acids is 2. The van der Waals surface area contributed by atoms with E-state index in [9.17, 15) is 9.59 Å². The Morgan fingerprint density at radius 1 is 1.21 bits per heavy atom. The summed E-state index contributed by atoms with van der Waals surface area (Å²) < 4.78 is 6.65. The number of carbonyl (C=O) groups is 2. The molecule has 9 nitrogen and oxygen atoms in total. The molecule has 0 spiro atoms. The van der Waals surface area contributed by atoms with Gasteiger partial charge in [0.05, 0.1) is 28.6 Å². The third-order valence-electron chi connectivity index (χ3n) is 3.97. The summed E-state index contributed by atoms with van der Waals surface area (Å²) in [5.74, 6) is 1.32. The van der Waals surface area contributed by atoms with Gasteiger partial charge in [0.2, 0.25) is 11.8 Å². The molecule has 2 N–H and O–H groups in total. The van der Waals surface area contributed by atoms with E-state index in [1.165, 1.54) is 11.8 Å². The first kappa shape index (κ1) is 20.6. The zero-order valence-corrected chi connectivity index (χ0v) is 17.4. The topological polar surface area (TPSA) is 115 Å². The predicted molar refractivity (Wildman–Crippen MR) is 111 cm³/mol. The molecule has 3 heterocycles. The summed E-state index contributed by atoms with van der Waals surface area (Å²) in [6.45, 7) is 7.34. The van der Waals surface area contributed by atoms with E-state index in [0.29, 0.717) is 23.1 Å². The molecule has 0 bridgehead atoms. The molecule has 1 atom stereocenters. The van der Waals surface area contributed by atoms with Crippen molar-refractivity contribution in [1.82, 2.24) is 19.9 Å². The average molecular weight is 414 g/mol. The van der Waals surface area contributed by atoms with Crippen LogP contribution >= 0.6 is 11.8 Å². The Labute approximate surface area is 172 Å². The Hall–Kier alpha value is -3.14. The van der Waals surface area contributed by atoms with Gasteiger partial charge in [-0.05, 0) is 45.9 Å². The highest BCUT2D eigenvalue weighted by molar-refractivity contribution is 8.01. The highest BCUT2D eigenvalue weighted by atomic mass is 32.2. The van der Waals surface area contributed by atoms with Crippen molar-refractivity contribution < 1.29 is 14.1 Å². The largest absolute Gasteiger partial charge is 0.360 e. The summed E-state index contributed by atoms with van der Waals surface area (Å²) in [5.41, 5.74) is 2.47. The molecule has 2 amide bonds. The lowest BCUT2D eigenvalue weighted by Crippen LogP contribution is -2.25. The number of nitrogens with zero attached hydrogens (tertiary/aromatic N) is 4. The third kappa shape index (κ3) is 5.44. The molecule has 3 aromatic rings. The lowest BCUT2D eigenvalue weighted by molar-refractivity contribution is -0.115. The molecular weight excluding hydrogens is 392 g/mol. The molecule has 0 aromatic carbocycles. The standard InChI is InChI=1S/C19H22N6O3S/c1-11-7-12(2)25(23-11)17-6-5-15(9-20-17)21-18(26)10-29-14(4)19(27)22-16-8-13(3)28-24-16/h5-9,14H,10H2,1-4H3,(H,21,26)(H,22,24,27). The van der Waals surface area contributed by atoms with E-state index in [2.05, 4.69) is 25.9 Å². The summed E-state index contributed by atoms with van der Waals surface area (Å²) in [5, 5.41) is 13.1. The van der Waals surface area contributed by atoms with Crippen LogP contribution in [0.1, 0.15) is 24.1 Å². The Balaban J connectivity index is 1.48. The molecule has 0 aliphatic carbocycles. The smallest absolute Gasteiger partial charge is 0.238 e. The second-order valence-electron chi connectivity index (χ2n) is 6.56. The fourth-order valence-electron chi connectivity index (χ4n) is 2.57. The molecular formula is C19H22N6O3S. The summed E-state index contributed by atoms with van der Waals surface area (Å²) in [4.78, 5) is 28.7. The van der Waals surface area contributed by atoms with Crippen LogP contribution in [0.3, 0.4) is 0 Å². The van der Waals surface area contributed by atoms with Crippen molar-refractivity contribution in [2.45, 2.75) is 32.9 Å². The van der Waals surface area contributed by atoms with Crippen molar-refractivity contribution in [2.75, 3.05) is 16.4 Å². The number of anilines is 2. The second-order valence-corrected chi connectivity index (χ2v) is 7.89. The molecule has 0 radical (unpaired) electrons. The fourth-order valence-corrected chi connectivity index (χ4v) is 3.26. The molecule has 0 aliphatic rings. The zero-order chi connectivity index (χ0) is 21.0. The minimum absolute atomic E-state index is 0.131. The number of thioether (sulfide) groups is 1. The zero-order valence-electron chi connectivity index (χ0n) is 16.6. The Morgan fingerprint density at radius 2 is 2.00 bits per heavy atom. The number of pyridine rings is 1. The first-order valence-electron chi connectivity index (χ1n) is 8.97. The van der Waals surface area contributed by atoms with Crippen LogP contribution in [0.2, 0.25) is 0 Å². The van der Waals surface area contributed by atoms with Crippen molar-refractivity contribution in [3.05, 3.63) is 47.6 Å². The van der Waals surface area contributed by atoms with E-state index in [1.807, 2.05) is 19.9 Å². The van der Waals surface area contributed by atoms with Crippen molar-refractivity contribution in [2.24, 2.45) is 0 Å². The summed E-state index contributed by atoms with van der Waals surface area (Å²) in [6, 6.07) is 7.16. The maximum absolute atomic E-state index is 12.2. The number of nitrogens with one attached hydrogen (secondary N) is 2. The second kappa shape index (κ2) is 8.91. The summed E-state index contributed by atoms with van der Waals surface area (Å²) in [7, 11) is 0. The minimum Gasteiger partial charge on any atom is -0.360 e. The molecule has 0 saturated carbocycles. The molecule has 152 valence electrons. The molecule has 0 saturated heterocycles. The average Bonchev–Trinajstić information content (AvgIpc) is 3.24. The molecule has 1 unspecified atom stereocenters. The Kier molecular flexibility index (Phi) is 6.32. The van der Waals surface area contributed by atoms with Crippen LogP contribution in [-0.4, -0.2) is 42.7 Å². The van der Waals surface area contributed by atoms with Crippen LogP contribution in [0.4, 0.5) is 11.5 Å². The van der Waals surface area contributed by atoms with E-state index in [-0.39, 0.29) is 17.6 Å². The monoisotopic (exact) mass is 414 g/mol. The molecule has 10 heteroatoms. The maximum Gasteiger partial charge on any atom is 0.238 e. The fraction of sp³-hybridized carbons (Fsp3) is 0.316. The van der Waals surface area contributed by atoms with Crippen LogP contribution in [-0.2, 0) is 9.59 Å². The molecule has 0 fully saturated rings. The van der Waals surface area contributed by atoms with Gasteiger partial charge in [-0.3, -0.25) is 9.59 Å². The first-order valence-corrected chi connectivity index (χ1v) is 10.0. The SMILES string of the molecule is Cc1cc(C)n(-c2ccc(NC(=O)CSC(C)C(=O)Nc3cc(C)on3)cn2)n1. The van der Waals surface area contributed by atoms with Gasteiger partial charge in [-0.25, -0.2) is 9.67 Å². The van der Waals surface area contributed by atoms with Crippen LogP contribution in [0.15, 0.2) is 35.0 Å². The lowest BCUT2D eigenvalue weighted by atomic mass is 10.4. The van der Waals surface area contributed by atoms with Gasteiger partial charge in [-0.15, -0.1) is 11.8 Å². The van der Waals surface area contributed by atoms with Crippen molar-refractivity contribution in [3.63, 3.8) is 0 Å². The third-order valence-corrected chi connectivity index (χ3v) is 5.11. The van der Waals surface area contributed by atoms with Crippen molar-refractivity contribution >= 4 is 35.1 Å². The van der Waals surface area contributed by atoms with Gasteiger partial charge < -0.3 is 15.2 Å². The number of aromatic nitrogens is 4. The Bertz CT molecular complexity index is 1010. The van der Waals surface area contributed by atoms with E-state index < -0.39 is 5.25 Å². The minimum atomic E-state index is -0.427. The normalized spacial score (nSPS) is 11.9. The lowest BCUT2D eigenvalue weighted by Gasteiger charge is -2.11. The molecule has 3 rings (SSSR count). The van der Waals surface area contributed by atoms with Gasteiger partial charge in [0.25, 0.3) is 0 Å². The predicted octanol–water partition coefficient (Wildman–Crippen LogP) is 2.88. The van der Waals surface area contributed by atoms with Gasteiger partial charge in [0.1, 0.15) is 5.76 Å². The number of aryl methyl sites for hydroxylation is 3. The van der Waals surface area contributed by atoms with Gasteiger partial charge in [0, 0.05) is 11.8 Å². The molecule has 3 aromatic heterocycles. The van der Waals surface area contributed by atoms with E-state index >= 15 is 0 Å². The number of hydrogen-bond donors (Lipinski definition) is 2.